The van der Waals surface area contributed by atoms with E-state index in [0.29, 0.717) is 10.7 Å². The fourth-order valence-electron chi connectivity index (χ4n) is 2.82. The first-order valence-electron chi connectivity index (χ1n) is 8.96. The van der Waals surface area contributed by atoms with Crippen LogP contribution in [0, 0.1) is 6.92 Å². The van der Waals surface area contributed by atoms with Gasteiger partial charge in [0, 0.05) is 17.8 Å². The molecule has 0 saturated carbocycles. The lowest BCUT2D eigenvalue weighted by molar-refractivity contribution is -0.115. The second kappa shape index (κ2) is 8.68. The number of carbonyl (C=O) groups excluding carboxylic acids is 1. The van der Waals surface area contributed by atoms with Crippen molar-refractivity contribution in [3.05, 3.63) is 88.9 Å². The van der Waals surface area contributed by atoms with E-state index in [9.17, 15) is 13.2 Å². The summed E-state index contributed by atoms with van der Waals surface area (Å²) in [6.45, 7) is 1.93. The van der Waals surface area contributed by atoms with E-state index in [1.54, 1.807) is 36.4 Å². The van der Waals surface area contributed by atoms with Gasteiger partial charge in [-0.1, -0.05) is 41.9 Å². The van der Waals surface area contributed by atoms with Crippen LogP contribution in [0.25, 0.3) is 0 Å². The molecule has 3 aromatic rings. The Morgan fingerprint density at radius 1 is 0.966 bits per heavy atom. The zero-order valence-electron chi connectivity index (χ0n) is 16.1. The van der Waals surface area contributed by atoms with Crippen LogP contribution in [-0.2, 0) is 21.2 Å². The predicted octanol–water partition coefficient (Wildman–Crippen LogP) is 4.65. The highest BCUT2D eigenvalue weighted by atomic mass is 35.5. The van der Waals surface area contributed by atoms with E-state index in [4.69, 9.17) is 11.6 Å². The molecule has 29 heavy (non-hydrogen) atoms. The summed E-state index contributed by atoms with van der Waals surface area (Å²) in [4.78, 5) is 12.5. The third kappa shape index (κ3) is 4.96. The van der Waals surface area contributed by atoms with E-state index in [1.807, 2.05) is 31.2 Å². The van der Waals surface area contributed by atoms with Gasteiger partial charge in [0.2, 0.25) is 5.91 Å². The Labute approximate surface area is 176 Å². The molecule has 0 bridgehead atoms. The molecular formula is C22H21ClN2O3S. The first-order chi connectivity index (χ1) is 13.8. The molecule has 1 amide bonds. The van der Waals surface area contributed by atoms with Crippen LogP contribution in [0.2, 0.25) is 5.02 Å². The number of amides is 1. The van der Waals surface area contributed by atoms with Crippen molar-refractivity contribution in [2.24, 2.45) is 0 Å². The van der Waals surface area contributed by atoms with Gasteiger partial charge in [0.25, 0.3) is 10.0 Å². The summed E-state index contributed by atoms with van der Waals surface area (Å²) >= 11 is 5.84. The molecule has 0 aliphatic rings. The van der Waals surface area contributed by atoms with Gasteiger partial charge in [0.05, 0.1) is 17.0 Å². The summed E-state index contributed by atoms with van der Waals surface area (Å²) in [5.74, 6) is -0.130. The zero-order chi connectivity index (χ0) is 21.0. The van der Waals surface area contributed by atoms with Crippen LogP contribution in [-0.4, -0.2) is 21.4 Å². The molecular weight excluding hydrogens is 408 g/mol. The average Bonchev–Trinajstić information content (AvgIpc) is 2.70. The fourth-order valence-corrected chi connectivity index (χ4v) is 4.14. The lowest BCUT2D eigenvalue weighted by Gasteiger charge is -2.20. The molecule has 0 aromatic heterocycles. The minimum Gasteiger partial charge on any atom is -0.326 e. The largest absolute Gasteiger partial charge is 0.326 e. The van der Waals surface area contributed by atoms with Gasteiger partial charge in [-0.05, 0) is 60.5 Å². The van der Waals surface area contributed by atoms with E-state index >= 15 is 0 Å². The van der Waals surface area contributed by atoms with Gasteiger partial charge < -0.3 is 5.32 Å². The highest BCUT2D eigenvalue weighted by molar-refractivity contribution is 7.92. The SMILES string of the molecule is Cc1ccccc1NC(=O)Cc1ccc(N(C)S(=O)(=O)c2ccc(Cl)cc2)cc1. The Balaban J connectivity index is 1.70. The third-order valence-electron chi connectivity index (χ3n) is 4.56. The third-order valence-corrected chi connectivity index (χ3v) is 6.61. The molecule has 0 aliphatic carbocycles. The van der Waals surface area contributed by atoms with Crippen LogP contribution in [0.3, 0.4) is 0 Å². The molecule has 0 radical (unpaired) electrons. The normalized spacial score (nSPS) is 11.1. The monoisotopic (exact) mass is 428 g/mol. The molecule has 150 valence electrons. The first kappa shape index (κ1) is 20.9. The van der Waals surface area contributed by atoms with Gasteiger partial charge in [-0.3, -0.25) is 9.10 Å². The molecule has 0 spiro atoms. The number of benzene rings is 3. The number of rotatable bonds is 6. The second-order valence-electron chi connectivity index (χ2n) is 6.63. The fraction of sp³-hybridized carbons (Fsp3) is 0.136. The number of sulfonamides is 1. The zero-order valence-corrected chi connectivity index (χ0v) is 17.7. The van der Waals surface area contributed by atoms with Crippen LogP contribution >= 0.6 is 11.6 Å². The van der Waals surface area contributed by atoms with E-state index in [0.717, 1.165) is 16.8 Å². The molecule has 0 atom stereocenters. The van der Waals surface area contributed by atoms with E-state index in [-0.39, 0.29) is 17.2 Å². The summed E-state index contributed by atoms with van der Waals surface area (Å²) in [5.41, 5.74) is 3.06. The van der Waals surface area contributed by atoms with Crippen molar-refractivity contribution in [3.8, 4) is 0 Å². The number of halogens is 1. The number of para-hydroxylation sites is 1. The predicted molar refractivity (Wildman–Crippen MR) is 117 cm³/mol. The number of nitrogens with zero attached hydrogens (tertiary/aromatic N) is 1. The Bertz CT molecular complexity index is 1110. The highest BCUT2D eigenvalue weighted by Crippen LogP contribution is 2.24. The second-order valence-corrected chi connectivity index (χ2v) is 9.04. The first-order valence-corrected chi connectivity index (χ1v) is 10.8. The topological polar surface area (TPSA) is 66.5 Å². The molecule has 7 heteroatoms. The lowest BCUT2D eigenvalue weighted by atomic mass is 10.1. The van der Waals surface area contributed by atoms with E-state index in [1.165, 1.54) is 23.5 Å². The van der Waals surface area contributed by atoms with Gasteiger partial charge in [0.15, 0.2) is 0 Å². The van der Waals surface area contributed by atoms with Crippen molar-refractivity contribution >= 4 is 38.9 Å². The minimum atomic E-state index is -3.69. The lowest BCUT2D eigenvalue weighted by Crippen LogP contribution is -2.26. The highest BCUT2D eigenvalue weighted by Gasteiger charge is 2.21. The summed E-state index contributed by atoms with van der Waals surface area (Å²) in [7, 11) is -2.20. The van der Waals surface area contributed by atoms with Crippen molar-refractivity contribution in [2.75, 3.05) is 16.7 Å². The Hall–Kier alpha value is -2.83. The smallest absolute Gasteiger partial charge is 0.264 e. The van der Waals surface area contributed by atoms with Crippen LogP contribution < -0.4 is 9.62 Å². The van der Waals surface area contributed by atoms with Crippen LogP contribution in [0.15, 0.2) is 77.7 Å². The molecule has 0 heterocycles. The summed E-state index contributed by atoms with van der Waals surface area (Å²) < 4.78 is 26.7. The molecule has 3 rings (SSSR count). The van der Waals surface area contributed by atoms with Crippen molar-refractivity contribution in [3.63, 3.8) is 0 Å². The van der Waals surface area contributed by atoms with Crippen LogP contribution in [0.4, 0.5) is 11.4 Å². The molecule has 0 saturated heterocycles. The summed E-state index contributed by atoms with van der Waals surface area (Å²) in [6.07, 6.45) is 0.197. The number of hydrogen-bond donors (Lipinski definition) is 1. The average molecular weight is 429 g/mol. The molecule has 3 aromatic carbocycles. The number of nitrogens with one attached hydrogen (secondary N) is 1. The van der Waals surface area contributed by atoms with Crippen molar-refractivity contribution in [1.82, 2.24) is 0 Å². The standard InChI is InChI=1S/C22H21ClN2O3S/c1-16-5-3-4-6-21(16)24-22(26)15-17-7-11-19(12-8-17)25(2)29(27,28)20-13-9-18(23)10-14-20/h3-14H,15H2,1-2H3,(H,24,26). The number of anilines is 2. The Kier molecular flexibility index (Phi) is 6.25. The molecule has 5 nitrogen and oxygen atoms in total. The van der Waals surface area contributed by atoms with Gasteiger partial charge in [-0.15, -0.1) is 0 Å². The summed E-state index contributed by atoms with van der Waals surface area (Å²) in [6, 6.07) is 20.5. The maximum absolute atomic E-state index is 12.8. The van der Waals surface area contributed by atoms with Gasteiger partial charge in [0.1, 0.15) is 0 Å². The van der Waals surface area contributed by atoms with Crippen molar-refractivity contribution in [1.29, 1.82) is 0 Å². The summed E-state index contributed by atoms with van der Waals surface area (Å²) in [5, 5.41) is 3.36. The van der Waals surface area contributed by atoms with Crippen molar-refractivity contribution in [2.45, 2.75) is 18.2 Å². The maximum Gasteiger partial charge on any atom is 0.264 e. The number of carbonyl (C=O) groups is 1. The Morgan fingerprint density at radius 3 is 2.21 bits per heavy atom. The van der Waals surface area contributed by atoms with Crippen LogP contribution in [0.5, 0.6) is 0 Å². The molecule has 0 fully saturated rings. The number of aryl methyl sites for hydroxylation is 1. The van der Waals surface area contributed by atoms with Gasteiger partial charge >= 0.3 is 0 Å². The Morgan fingerprint density at radius 2 is 1.59 bits per heavy atom. The molecule has 0 aliphatic heterocycles. The number of hydrogen-bond acceptors (Lipinski definition) is 3. The van der Waals surface area contributed by atoms with E-state index in [2.05, 4.69) is 5.32 Å². The van der Waals surface area contributed by atoms with Gasteiger partial charge in [-0.25, -0.2) is 8.42 Å². The molecule has 1 N–H and O–H groups in total. The van der Waals surface area contributed by atoms with Crippen LogP contribution in [0.1, 0.15) is 11.1 Å². The molecule has 0 unspecified atom stereocenters. The van der Waals surface area contributed by atoms with Gasteiger partial charge in [-0.2, -0.15) is 0 Å². The van der Waals surface area contributed by atoms with Crippen molar-refractivity contribution < 1.29 is 13.2 Å². The quantitative estimate of drug-likeness (QED) is 0.621. The maximum atomic E-state index is 12.8. The van der Waals surface area contributed by atoms with E-state index < -0.39 is 10.0 Å². The minimum absolute atomic E-state index is 0.130.